The Morgan fingerprint density at radius 2 is 1.96 bits per heavy atom. The Balaban J connectivity index is 2.85. The monoisotopic (exact) mass is 322 g/mol. The molecule has 1 amide bonds. The first-order valence-electron chi connectivity index (χ1n) is 7.30. The molecule has 7 heteroatoms. The number of nitro groups is 1. The highest BCUT2D eigenvalue weighted by Crippen LogP contribution is 2.22. The molecular weight excluding hydrogens is 300 g/mol. The van der Waals surface area contributed by atoms with Crippen molar-refractivity contribution in [2.45, 2.75) is 46.6 Å². The summed E-state index contributed by atoms with van der Waals surface area (Å²) in [6, 6.07) is 2.96. The number of nitrogens with zero attached hydrogens (tertiary/aromatic N) is 1. The summed E-state index contributed by atoms with van der Waals surface area (Å²) in [5.41, 5.74) is 0.436. The zero-order chi connectivity index (χ0) is 17.8. The number of amides is 1. The molecule has 0 fully saturated rings. The summed E-state index contributed by atoms with van der Waals surface area (Å²) in [4.78, 5) is 33.7. The number of aliphatic carboxylic acids is 1. The first kappa shape index (κ1) is 18.6. The highest BCUT2D eigenvalue weighted by atomic mass is 16.6. The van der Waals surface area contributed by atoms with Crippen LogP contribution in [0.1, 0.15) is 49.5 Å². The quantitative estimate of drug-likeness (QED) is 0.618. The fourth-order valence-corrected chi connectivity index (χ4v) is 2.08. The number of nitro benzene ring substituents is 1. The molecule has 23 heavy (non-hydrogen) atoms. The van der Waals surface area contributed by atoms with Crippen molar-refractivity contribution >= 4 is 17.6 Å². The van der Waals surface area contributed by atoms with Crippen LogP contribution in [0, 0.1) is 22.5 Å². The standard InChI is InChI=1S/C16H22N2O5/c1-10-9-11(5-6-13(10)18(22)23)14(19)17-12(15(20)21)7-8-16(2,3)4/h5-6,9,12H,7-8H2,1-4H3,(H,17,19)(H,20,21). The molecule has 0 aliphatic rings. The fourth-order valence-electron chi connectivity index (χ4n) is 2.08. The fraction of sp³-hybridized carbons (Fsp3) is 0.500. The van der Waals surface area contributed by atoms with E-state index in [1.807, 2.05) is 20.8 Å². The van der Waals surface area contributed by atoms with Crippen molar-refractivity contribution in [2.75, 3.05) is 0 Å². The maximum absolute atomic E-state index is 12.2. The lowest BCUT2D eigenvalue weighted by molar-refractivity contribution is -0.385. The Morgan fingerprint density at radius 3 is 2.39 bits per heavy atom. The molecule has 2 N–H and O–H groups in total. The Labute approximate surface area is 134 Å². The SMILES string of the molecule is Cc1cc(C(=O)NC(CCC(C)(C)C)C(=O)O)ccc1[N+](=O)[O-]. The van der Waals surface area contributed by atoms with Crippen molar-refractivity contribution in [1.29, 1.82) is 0 Å². The molecule has 0 saturated carbocycles. The number of aryl methyl sites for hydroxylation is 1. The Hall–Kier alpha value is -2.44. The second-order valence-electron chi connectivity index (χ2n) is 6.72. The van der Waals surface area contributed by atoms with Crippen LogP contribution >= 0.6 is 0 Å². The Bertz CT molecular complexity index is 619. The normalized spacial score (nSPS) is 12.5. The molecule has 0 aromatic heterocycles. The molecule has 0 radical (unpaired) electrons. The summed E-state index contributed by atoms with van der Waals surface area (Å²) in [5.74, 6) is -1.65. The van der Waals surface area contributed by atoms with Crippen LogP contribution in [0.4, 0.5) is 5.69 Å². The third-order valence-electron chi connectivity index (χ3n) is 3.44. The van der Waals surface area contributed by atoms with Crippen LogP contribution in [-0.4, -0.2) is 27.9 Å². The van der Waals surface area contributed by atoms with Gasteiger partial charge in [0.1, 0.15) is 6.04 Å². The lowest BCUT2D eigenvalue weighted by Gasteiger charge is -2.21. The molecule has 0 aliphatic carbocycles. The number of benzene rings is 1. The average molecular weight is 322 g/mol. The van der Waals surface area contributed by atoms with E-state index in [4.69, 9.17) is 0 Å². The van der Waals surface area contributed by atoms with E-state index in [-0.39, 0.29) is 16.7 Å². The van der Waals surface area contributed by atoms with E-state index in [0.29, 0.717) is 18.4 Å². The van der Waals surface area contributed by atoms with Gasteiger partial charge in [-0.3, -0.25) is 14.9 Å². The summed E-state index contributed by atoms with van der Waals surface area (Å²) >= 11 is 0. The largest absolute Gasteiger partial charge is 0.480 e. The molecule has 1 aromatic carbocycles. The molecule has 1 atom stereocenters. The highest BCUT2D eigenvalue weighted by molar-refractivity contribution is 5.97. The van der Waals surface area contributed by atoms with Crippen molar-refractivity contribution in [3.8, 4) is 0 Å². The maximum atomic E-state index is 12.2. The number of hydrogen-bond acceptors (Lipinski definition) is 4. The number of rotatable bonds is 6. The van der Waals surface area contributed by atoms with E-state index in [2.05, 4.69) is 5.32 Å². The van der Waals surface area contributed by atoms with Gasteiger partial charge < -0.3 is 10.4 Å². The zero-order valence-electron chi connectivity index (χ0n) is 13.8. The zero-order valence-corrected chi connectivity index (χ0v) is 13.8. The van der Waals surface area contributed by atoms with Gasteiger partial charge in [-0.15, -0.1) is 0 Å². The van der Waals surface area contributed by atoms with Gasteiger partial charge in [-0.1, -0.05) is 20.8 Å². The van der Waals surface area contributed by atoms with E-state index < -0.39 is 22.8 Å². The number of carbonyl (C=O) groups is 2. The van der Waals surface area contributed by atoms with Gasteiger partial charge in [0.05, 0.1) is 4.92 Å². The van der Waals surface area contributed by atoms with Crippen molar-refractivity contribution in [1.82, 2.24) is 5.32 Å². The lowest BCUT2D eigenvalue weighted by atomic mass is 9.88. The van der Waals surface area contributed by atoms with Crippen LogP contribution in [0.2, 0.25) is 0 Å². The van der Waals surface area contributed by atoms with E-state index in [9.17, 15) is 24.8 Å². The minimum Gasteiger partial charge on any atom is -0.480 e. The molecule has 0 aliphatic heterocycles. The number of carboxylic acid groups (broad SMARTS) is 1. The van der Waals surface area contributed by atoms with Gasteiger partial charge in [0.15, 0.2) is 0 Å². The summed E-state index contributed by atoms with van der Waals surface area (Å²) in [6.07, 6.45) is 0.958. The minimum absolute atomic E-state index is 0.0393. The Morgan fingerprint density at radius 1 is 1.35 bits per heavy atom. The molecule has 0 spiro atoms. The molecule has 7 nitrogen and oxygen atoms in total. The van der Waals surface area contributed by atoms with Crippen molar-refractivity contribution in [3.05, 3.63) is 39.4 Å². The number of nitrogens with one attached hydrogen (secondary N) is 1. The van der Waals surface area contributed by atoms with Crippen LogP contribution in [0.25, 0.3) is 0 Å². The lowest BCUT2D eigenvalue weighted by Crippen LogP contribution is -2.41. The number of hydrogen-bond donors (Lipinski definition) is 2. The second kappa shape index (κ2) is 7.21. The molecule has 126 valence electrons. The van der Waals surface area contributed by atoms with Crippen LogP contribution in [0.3, 0.4) is 0 Å². The highest BCUT2D eigenvalue weighted by Gasteiger charge is 2.24. The van der Waals surface area contributed by atoms with Crippen molar-refractivity contribution < 1.29 is 19.6 Å². The van der Waals surface area contributed by atoms with Crippen molar-refractivity contribution in [3.63, 3.8) is 0 Å². The van der Waals surface area contributed by atoms with Crippen LogP contribution in [0.5, 0.6) is 0 Å². The molecule has 1 aromatic rings. The first-order chi connectivity index (χ1) is 10.5. The van der Waals surface area contributed by atoms with Gasteiger partial charge in [0.2, 0.25) is 0 Å². The van der Waals surface area contributed by atoms with Gasteiger partial charge in [-0.05, 0) is 37.3 Å². The second-order valence-corrected chi connectivity index (χ2v) is 6.72. The summed E-state index contributed by atoms with van der Waals surface area (Å²) in [5, 5.41) is 22.5. The Kier molecular flexibility index (Phi) is 5.84. The average Bonchev–Trinajstić information content (AvgIpc) is 2.41. The smallest absolute Gasteiger partial charge is 0.326 e. The van der Waals surface area contributed by atoms with Gasteiger partial charge in [0, 0.05) is 17.2 Å². The number of carboxylic acids is 1. The number of carbonyl (C=O) groups excluding carboxylic acids is 1. The minimum atomic E-state index is -1.10. The van der Waals surface area contributed by atoms with Gasteiger partial charge in [-0.2, -0.15) is 0 Å². The first-order valence-corrected chi connectivity index (χ1v) is 7.30. The summed E-state index contributed by atoms with van der Waals surface area (Å²) in [7, 11) is 0. The predicted octanol–water partition coefficient (Wildman–Crippen LogP) is 2.91. The van der Waals surface area contributed by atoms with Crippen molar-refractivity contribution in [2.24, 2.45) is 5.41 Å². The molecule has 1 unspecified atom stereocenters. The summed E-state index contributed by atoms with van der Waals surface area (Å²) in [6.45, 7) is 7.51. The third kappa shape index (κ3) is 5.69. The third-order valence-corrected chi connectivity index (χ3v) is 3.44. The van der Waals surface area contributed by atoms with E-state index in [0.717, 1.165) is 0 Å². The molecule has 0 bridgehead atoms. The van der Waals surface area contributed by atoms with E-state index >= 15 is 0 Å². The summed E-state index contributed by atoms with van der Waals surface area (Å²) < 4.78 is 0. The van der Waals surface area contributed by atoms with Gasteiger partial charge >= 0.3 is 5.97 Å². The topological polar surface area (TPSA) is 110 Å². The van der Waals surface area contributed by atoms with Gasteiger partial charge in [0.25, 0.3) is 11.6 Å². The van der Waals surface area contributed by atoms with Crippen LogP contribution in [-0.2, 0) is 4.79 Å². The molecule has 1 rings (SSSR count). The van der Waals surface area contributed by atoms with E-state index in [1.165, 1.54) is 25.1 Å². The van der Waals surface area contributed by atoms with Crippen LogP contribution in [0.15, 0.2) is 18.2 Å². The molecule has 0 saturated heterocycles. The van der Waals surface area contributed by atoms with Gasteiger partial charge in [-0.25, -0.2) is 4.79 Å². The molecular formula is C16H22N2O5. The predicted molar refractivity (Wildman–Crippen MR) is 85.4 cm³/mol. The van der Waals surface area contributed by atoms with E-state index in [1.54, 1.807) is 0 Å². The van der Waals surface area contributed by atoms with Crippen LogP contribution < -0.4 is 5.32 Å². The molecule has 0 heterocycles. The maximum Gasteiger partial charge on any atom is 0.326 e.